The third-order valence-corrected chi connectivity index (χ3v) is 11.1. The molecular formula is C27H41NO5Si. The Bertz CT molecular complexity index is 846. The van der Waals surface area contributed by atoms with Crippen LogP contribution in [0.15, 0.2) is 55.1 Å². The second-order valence-corrected chi connectivity index (χ2v) is 15.1. The highest BCUT2D eigenvalue weighted by Crippen LogP contribution is 2.38. The van der Waals surface area contributed by atoms with Gasteiger partial charge in [0.2, 0.25) is 0 Å². The van der Waals surface area contributed by atoms with Gasteiger partial charge in [0.05, 0.1) is 12.1 Å². The maximum Gasteiger partial charge on any atom is 0.410 e. The minimum atomic E-state index is -2.11. The minimum absolute atomic E-state index is 0.0209. The molecule has 6 nitrogen and oxygen atoms in total. The molecular weight excluding hydrogens is 446 g/mol. The fraction of sp³-hybridized carbons (Fsp3) is 0.556. The van der Waals surface area contributed by atoms with E-state index in [0.29, 0.717) is 19.4 Å². The Balaban J connectivity index is 2.17. The van der Waals surface area contributed by atoms with Crippen LogP contribution in [0.4, 0.5) is 4.79 Å². The van der Waals surface area contributed by atoms with Crippen molar-refractivity contribution in [3.05, 3.63) is 60.7 Å². The summed E-state index contributed by atoms with van der Waals surface area (Å²) in [5, 5.41) is 0.0209. The highest BCUT2D eigenvalue weighted by Gasteiger charge is 2.40. The first-order chi connectivity index (χ1) is 15.9. The van der Waals surface area contributed by atoms with Crippen LogP contribution in [-0.2, 0) is 25.3 Å². The third-order valence-electron chi connectivity index (χ3n) is 6.58. The van der Waals surface area contributed by atoms with Gasteiger partial charge in [-0.05, 0) is 36.5 Å². The number of ether oxygens (including phenoxy) is 2. The van der Waals surface area contributed by atoms with E-state index in [0.717, 1.165) is 12.0 Å². The maximum absolute atomic E-state index is 13.0. The van der Waals surface area contributed by atoms with Gasteiger partial charge in [-0.3, -0.25) is 4.79 Å². The van der Waals surface area contributed by atoms with Crippen LogP contribution in [-0.4, -0.2) is 50.1 Å². The van der Waals surface area contributed by atoms with E-state index in [9.17, 15) is 9.59 Å². The lowest BCUT2D eigenvalue weighted by atomic mass is 10.00. The summed E-state index contributed by atoms with van der Waals surface area (Å²) in [5.41, 5.74) is 0.953. The Morgan fingerprint density at radius 1 is 1.24 bits per heavy atom. The molecule has 0 N–H and O–H groups in total. The van der Waals surface area contributed by atoms with Crippen LogP contribution >= 0.6 is 0 Å². The standard InChI is InChI=1S/C27H41NO5Si/c1-8-24(32-21(2)29)19-25(33-34(6,7)27(3,4)5)18-23-16-12-13-17-28(23)26(30)31-20-22-14-10-9-11-15-22/h8-12,14-16,23-25H,1,13,17-20H2,2-7H3/t23-,24-,25+/m1/s1. The second kappa shape index (κ2) is 12.4. The topological polar surface area (TPSA) is 65.1 Å². The summed E-state index contributed by atoms with van der Waals surface area (Å²) in [6, 6.07) is 9.51. The van der Waals surface area contributed by atoms with Crippen molar-refractivity contribution in [3.63, 3.8) is 0 Å². The zero-order valence-corrected chi connectivity index (χ0v) is 22.6. The van der Waals surface area contributed by atoms with E-state index < -0.39 is 14.4 Å². The average molecular weight is 488 g/mol. The van der Waals surface area contributed by atoms with Gasteiger partial charge < -0.3 is 18.8 Å². The zero-order valence-electron chi connectivity index (χ0n) is 21.6. The van der Waals surface area contributed by atoms with E-state index in [1.54, 1.807) is 11.0 Å². The Morgan fingerprint density at radius 2 is 1.91 bits per heavy atom. The molecule has 0 aliphatic carbocycles. The number of carbonyl (C=O) groups is 2. The van der Waals surface area contributed by atoms with Gasteiger partial charge in [0.25, 0.3) is 0 Å². The summed E-state index contributed by atoms with van der Waals surface area (Å²) in [7, 11) is -2.11. The van der Waals surface area contributed by atoms with Crippen molar-refractivity contribution < 1.29 is 23.5 Å². The number of rotatable bonds is 10. The summed E-state index contributed by atoms with van der Waals surface area (Å²) in [6.45, 7) is 17.1. The van der Waals surface area contributed by atoms with Gasteiger partial charge in [-0.1, -0.05) is 75.9 Å². The van der Waals surface area contributed by atoms with Gasteiger partial charge in [0, 0.05) is 19.9 Å². The van der Waals surface area contributed by atoms with Gasteiger partial charge in [-0.2, -0.15) is 0 Å². The Hall–Kier alpha value is -2.38. The van der Waals surface area contributed by atoms with Crippen molar-refractivity contribution in [1.82, 2.24) is 4.90 Å². The van der Waals surface area contributed by atoms with Crippen LogP contribution < -0.4 is 0 Å². The lowest BCUT2D eigenvalue weighted by molar-refractivity contribution is -0.145. The molecule has 1 aliphatic heterocycles. The largest absolute Gasteiger partial charge is 0.458 e. The van der Waals surface area contributed by atoms with Gasteiger partial charge in [0.1, 0.15) is 12.7 Å². The highest BCUT2D eigenvalue weighted by atomic mass is 28.4. The van der Waals surface area contributed by atoms with Crippen LogP contribution in [0, 0.1) is 0 Å². The first-order valence-electron chi connectivity index (χ1n) is 12.0. The second-order valence-electron chi connectivity index (χ2n) is 10.4. The van der Waals surface area contributed by atoms with Crippen LogP contribution in [0.3, 0.4) is 0 Å². The Kier molecular flexibility index (Phi) is 10.1. The maximum atomic E-state index is 13.0. The number of esters is 1. The predicted octanol–water partition coefficient (Wildman–Crippen LogP) is 6.24. The van der Waals surface area contributed by atoms with Crippen molar-refractivity contribution >= 4 is 20.4 Å². The number of benzene rings is 1. The number of amides is 1. The number of nitrogens with zero attached hydrogens (tertiary/aromatic N) is 1. The molecule has 7 heteroatoms. The monoisotopic (exact) mass is 487 g/mol. The van der Waals surface area contributed by atoms with Gasteiger partial charge in [-0.25, -0.2) is 4.79 Å². The fourth-order valence-corrected chi connectivity index (χ4v) is 5.07. The normalized spacial score (nSPS) is 18.2. The molecule has 0 bridgehead atoms. The molecule has 1 aromatic rings. The number of hydrogen-bond donors (Lipinski definition) is 0. The predicted molar refractivity (Wildman–Crippen MR) is 138 cm³/mol. The molecule has 1 amide bonds. The molecule has 0 saturated carbocycles. The van der Waals surface area contributed by atoms with Gasteiger partial charge in [-0.15, -0.1) is 0 Å². The quantitative estimate of drug-likeness (QED) is 0.222. The fourth-order valence-electron chi connectivity index (χ4n) is 3.69. The van der Waals surface area contributed by atoms with Crippen LogP contribution in [0.25, 0.3) is 0 Å². The molecule has 1 aliphatic rings. The molecule has 0 spiro atoms. The van der Waals surface area contributed by atoms with Crippen LogP contribution in [0.1, 0.15) is 52.5 Å². The average Bonchev–Trinajstić information content (AvgIpc) is 2.76. The SMILES string of the molecule is C=C[C@H](C[C@H](C[C@H]1C=CCCN1C(=O)OCc1ccccc1)O[Si](C)(C)C(C)(C)C)OC(C)=O. The highest BCUT2D eigenvalue weighted by molar-refractivity contribution is 6.74. The summed E-state index contributed by atoms with van der Waals surface area (Å²) >= 11 is 0. The molecule has 1 heterocycles. The van der Waals surface area contributed by atoms with Gasteiger partial charge >= 0.3 is 12.1 Å². The van der Waals surface area contributed by atoms with Crippen molar-refractivity contribution in [1.29, 1.82) is 0 Å². The van der Waals surface area contributed by atoms with E-state index in [2.05, 4.69) is 52.6 Å². The lowest BCUT2D eigenvalue weighted by Crippen LogP contribution is -2.48. The Labute approximate surface area is 206 Å². The molecule has 0 fully saturated rings. The smallest absolute Gasteiger partial charge is 0.410 e. The molecule has 1 aromatic carbocycles. The van der Waals surface area contributed by atoms with Crippen molar-refractivity contribution in [2.45, 2.75) is 89.9 Å². The summed E-state index contributed by atoms with van der Waals surface area (Å²) in [5.74, 6) is -0.348. The zero-order chi connectivity index (χ0) is 25.4. The molecule has 0 unspecified atom stereocenters. The molecule has 34 heavy (non-hydrogen) atoms. The van der Waals surface area contributed by atoms with E-state index in [-0.39, 0.29) is 35.9 Å². The minimum Gasteiger partial charge on any atom is -0.458 e. The van der Waals surface area contributed by atoms with E-state index in [1.165, 1.54) is 6.92 Å². The molecule has 2 rings (SSSR count). The first kappa shape index (κ1) is 27.9. The molecule has 0 saturated heterocycles. The third kappa shape index (κ3) is 8.44. The van der Waals surface area contributed by atoms with E-state index in [1.807, 2.05) is 30.3 Å². The molecule has 3 atom stereocenters. The van der Waals surface area contributed by atoms with Crippen molar-refractivity contribution in [2.75, 3.05) is 6.54 Å². The summed E-state index contributed by atoms with van der Waals surface area (Å²) in [4.78, 5) is 26.3. The summed E-state index contributed by atoms with van der Waals surface area (Å²) < 4.78 is 17.8. The number of carbonyl (C=O) groups excluding carboxylic acids is 2. The number of hydrogen-bond acceptors (Lipinski definition) is 5. The Morgan fingerprint density at radius 3 is 2.50 bits per heavy atom. The lowest BCUT2D eigenvalue weighted by Gasteiger charge is -2.41. The summed E-state index contributed by atoms with van der Waals surface area (Å²) in [6.07, 6.45) is 6.69. The van der Waals surface area contributed by atoms with E-state index in [4.69, 9.17) is 13.9 Å². The van der Waals surface area contributed by atoms with Crippen molar-refractivity contribution in [3.8, 4) is 0 Å². The molecule has 0 radical (unpaired) electrons. The van der Waals surface area contributed by atoms with Crippen molar-refractivity contribution in [2.24, 2.45) is 0 Å². The molecule has 188 valence electrons. The van der Waals surface area contributed by atoms with Crippen LogP contribution in [0.5, 0.6) is 0 Å². The van der Waals surface area contributed by atoms with Gasteiger partial charge in [0.15, 0.2) is 8.32 Å². The van der Waals surface area contributed by atoms with Crippen LogP contribution in [0.2, 0.25) is 18.1 Å². The van der Waals surface area contributed by atoms with E-state index >= 15 is 0 Å². The first-order valence-corrected chi connectivity index (χ1v) is 15.0. The molecule has 0 aromatic heterocycles.